The highest BCUT2D eigenvalue weighted by Crippen LogP contribution is 2.32. The van der Waals surface area contributed by atoms with Crippen LogP contribution >= 0.6 is 0 Å². The molecule has 2 aromatic rings. The monoisotopic (exact) mass is 383 g/mol. The number of nitrogens with zero attached hydrogens (tertiary/aromatic N) is 1. The summed E-state index contributed by atoms with van der Waals surface area (Å²) >= 11 is 0. The largest absolute Gasteiger partial charge is 0.454 e. The van der Waals surface area contributed by atoms with E-state index in [-0.39, 0.29) is 0 Å². The lowest BCUT2D eigenvalue weighted by molar-refractivity contribution is 0.134. The zero-order chi connectivity index (χ0) is 19.6. The SMILES string of the molecule is CCNC(=NCc1ccc(COCC)cc1)NCCc1ccc2c(c1)OCO2. The second-order valence-electron chi connectivity index (χ2n) is 6.51. The third-order valence-corrected chi connectivity index (χ3v) is 4.40. The van der Waals surface area contributed by atoms with E-state index in [4.69, 9.17) is 14.2 Å². The minimum absolute atomic E-state index is 0.306. The van der Waals surface area contributed by atoms with Gasteiger partial charge in [0.15, 0.2) is 17.5 Å². The number of rotatable bonds is 9. The van der Waals surface area contributed by atoms with Crippen LogP contribution < -0.4 is 20.1 Å². The normalized spacial score (nSPS) is 12.9. The van der Waals surface area contributed by atoms with Gasteiger partial charge < -0.3 is 24.8 Å². The van der Waals surface area contributed by atoms with Crippen LogP contribution in [0, 0.1) is 0 Å². The van der Waals surface area contributed by atoms with E-state index in [0.29, 0.717) is 19.9 Å². The summed E-state index contributed by atoms with van der Waals surface area (Å²) in [5.41, 5.74) is 3.56. The summed E-state index contributed by atoms with van der Waals surface area (Å²) in [5, 5.41) is 6.69. The molecular weight excluding hydrogens is 354 g/mol. The molecule has 0 fully saturated rings. The Morgan fingerprint density at radius 3 is 2.50 bits per heavy atom. The first-order chi connectivity index (χ1) is 13.8. The Morgan fingerprint density at radius 2 is 1.71 bits per heavy atom. The molecule has 6 heteroatoms. The number of ether oxygens (including phenoxy) is 3. The standard InChI is InChI=1S/C22H29N3O3/c1-3-23-22(25-14-18-5-7-19(8-6-18)15-26-4-2)24-12-11-17-9-10-20-21(13-17)28-16-27-20/h5-10,13H,3-4,11-12,14-16H2,1-2H3,(H2,23,24,25). The highest BCUT2D eigenvalue weighted by Gasteiger charge is 2.12. The zero-order valence-corrected chi connectivity index (χ0v) is 16.7. The van der Waals surface area contributed by atoms with Gasteiger partial charge in [-0.25, -0.2) is 4.99 Å². The van der Waals surface area contributed by atoms with E-state index in [1.165, 1.54) is 16.7 Å². The van der Waals surface area contributed by atoms with Crippen molar-refractivity contribution in [1.82, 2.24) is 10.6 Å². The number of hydrogen-bond donors (Lipinski definition) is 2. The lowest BCUT2D eigenvalue weighted by Crippen LogP contribution is -2.38. The fourth-order valence-corrected chi connectivity index (χ4v) is 2.89. The van der Waals surface area contributed by atoms with Gasteiger partial charge in [-0.15, -0.1) is 0 Å². The number of benzene rings is 2. The van der Waals surface area contributed by atoms with Gasteiger partial charge in [0.25, 0.3) is 0 Å². The van der Waals surface area contributed by atoms with E-state index in [0.717, 1.165) is 43.6 Å². The van der Waals surface area contributed by atoms with Crippen molar-refractivity contribution in [3.63, 3.8) is 0 Å². The van der Waals surface area contributed by atoms with E-state index < -0.39 is 0 Å². The number of aliphatic imine (C=N–C) groups is 1. The maximum absolute atomic E-state index is 5.44. The quantitative estimate of drug-likeness (QED) is 0.514. The number of nitrogens with one attached hydrogen (secondary N) is 2. The molecule has 6 nitrogen and oxygen atoms in total. The lowest BCUT2D eigenvalue weighted by Gasteiger charge is -2.12. The highest BCUT2D eigenvalue weighted by molar-refractivity contribution is 5.79. The molecule has 28 heavy (non-hydrogen) atoms. The lowest BCUT2D eigenvalue weighted by atomic mass is 10.1. The van der Waals surface area contributed by atoms with Gasteiger partial charge in [-0.2, -0.15) is 0 Å². The first kappa shape index (κ1) is 20.0. The molecule has 1 aliphatic rings. The molecule has 0 aliphatic carbocycles. The van der Waals surface area contributed by atoms with Gasteiger partial charge in [0.2, 0.25) is 6.79 Å². The molecule has 0 aromatic heterocycles. The molecule has 0 spiro atoms. The summed E-state index contributed by atoms with van der Waals surface area (Å²) in [6, 6.07) is 14.5. The van der Waals surface area contributed by atoms with Gasteiger partial charge in [0, 0.05) is 19.7 Å². The second kappa shape index (κ2) is 10.6. The van der Waals surface area contributed by atoms with Crippen LogP contribution in [0.15, 0.2) is 47.5 Å². The number of fused-ring (bicyclic) bond motifs is 1. The predicted octanol–water partition coefficient (Wildman–Crippen LogP) is 3.25. The fourth-order valence-electron chi connectivity index (χ4n) is 2.89. The molecule has 2 aromatic carbocycles. The average molecular weight is 383 g/mol. The molecule has 0 unspecified atom stereocenters. The summed E-state index contributed by atoms with van der Waals surface area (Å²) in [7, 11) is 0. The number of guanidine groups is 1. The maximum Gasteiger partial charge on any atom is 0.231 e. The summed E-state index contributed by atoms with van der Waals surface area (Å²) in [4.78, 5) is 4.68. The Kier molecular flexibility index (Phi) is 7.55. The third kappa shape index (κ3) is 5.89. The second-order valence-corrected chi connectivity index (χ2v) is 6.51. The van der Waals surface area contributed by atoms with Crippen LogP contribution in [0.3, 0.4) is 0 Å². The summed E-state index contributed by atoms with van der Waals surface area (Å²) in [5.74, 6) is 2.46. The smallest absolute Gasteiger partial charge is 0.231 e. The van der Waals surface area contributed by atoms with E-state index in [2.05, 4.69) is 52.9 Å². The molecule has 0 bridgehead atoms. The van der Waals surface area contributed by atoms with Gasteiger partial charge in [-0.1, -0.05) is 30.3 Å². The van der Waals surface area contributed by atoms with Crippen molar-refractivity contribution in [3.05, 3.63) is 59.2 Å². The van der Waals surface area contributed by atoms with Crippen molar-refractivity contribution in [3.8, 4) is 11.5 Å². The van der Waals surface area contributed by atoms with E-state index in [9.17, 15) is 0 Å². The molecular formula is C22H29N3O3. The molecule has 1 aliphatic heterocycles. The van der Waals surface area contributed by atoms with Crippen LogP contribution in [-0.2, 0) is 24.3 Å². The molecule has 0 radical (unpaired) electrons. The molecule has 1 heterocycles. The molecule has 0 saturated heterocycles. The minimum Gasteiger partial charge on any atom is -0.454 e. The van der Waals surface area contributed by atoms with Gasteiger partial charge in [-0.05, 0) is 49.1 Å². The van der Waals surface area contributed by atoms with Crippen molar-refractivity contribution in [2.24, 2.45) is 4.99 Å². The van der Waals surface area contributed by atoms with Crippen molar-refractivity contribution < 1.29 is 14.2 Å². The van der Waals surface area contributed by atoms with Crippen LogP contribution in [-0.4, -0.2) is 32.4 Å². The summed E-state index contributed by atoms with van der Waals surface area (Å²) in [6.07, 6.45) is 0.882. The summed E-state index contributed by atoms with van der Waals surface area (Å²) in [6.45, 7) is 8.01. The molecule has 150 valence electrons. The Balaban J connectivity index is 1.49. The van der Waals surface area contributed by atoms with Gasteiger partial charge in [0.1, 0.15) is 0 Å². The van der Waals surface area contributed by atoms with Gasteiger partial charge in [-0.3, -0.25) is 0 Å². The highest BCUT2D eigenvalue weighted by atomic mass is 16.7. The fraction of sp³-hybridized carbons (Fsp3) is 0.409. The van der Waals surface area contributed by atoms with Crippen LogP contribution in [0.1, 0.15) is 30.5 Å². The Hall–Kier alpha value is -2.73. The third-order valence-electron chi connectivity index (χ3n) is 4.40. The van der Waals surface area contributed by atoms with Crippen molar-refractivity contribution in [1.29, 1.82) is 0 Å². The molecule has 0 amide bonds. The Bertz CT molecular complexity index is 775. The van der Waals surface area contributed by atoms with Crippen LogP contribution in [0.5, 0.6) is 11.5 Å². The minimum atomic E-state index is 0.306. The van der Waals surface area contributed by atoms with Crippen molar-refractivity contribution >= 4 is 5.96 Å². The average Bonchev–Trinajstić information content (AvgIpc) is 3.19. The van der Waals surface area contributed by atoms with E-state index in [1.807, 2.05) is 19.1 Å². The van der Waals surface area contributed by atoms with Crippen LogP contribution in [0.25, 0.3) is 0 Å². The molecule has 0 saturated carbocycles. The van der Waals surface area contributed by atoms with Crippen LogP contribution in [0.2, 0.25) is 0 Å². The maximum atomic E-state index is 5.44. The topological polar surface area (TPSA) is 64.1 Å². The van der Waals surface area contributed by atoms with Crippen molar-refractivity contribution in [2.75, 3.05) is 26.5 Å². The predicted molar refractivity (Wildman–Crippen MR) is 111 cm³/mol. The zero-order valence-electron chi connectivity index (χ0n) is 16.7. The van der Waals surface area contributed by atoms with Crippen LogP contribution in [0.4, 0.5) is 0 Å². The summed E-state index contributed by atoms with van der Waals surface area (Å²) < 4.78 is 16.2. The first-order valence-corrected chi connectivity index (χ1v) is 9.84. The number of hydrogen-bond acceptors (Lipinski definition) is 4. The van der Waals surface area contributed by atoms with E-state index in [1.54, 1.807) is 0 Å². The Labute approximate surface area is 166 Å². The van der Waals surface area contributed by atoms with Gasteiger partial charge >= 0.3 is 0 Å². The molecule has 3 rings (SSSR count). The van der Waals surface area contributed by atoms with E-state index >= 15 is 0 Å². The molecule has 2 N–H and O–H groups in total. The first-order valence-electron chi connectivity index (χ1n) is 9.84. The van der Waals surface area contributed by atoms with Gasteiger partial charge in [0.05, 0.1) is 13.2 Å². The van der Waals surface area contributed by atoms with Crippen molar-refractivity contribution in [2.45, 2.75) is 33.4 Å². The molecule has 0 atom stereocenters. The Morgan fingerprint density at radius 1 is 0.964 bits per heavy atom.